The summed E-state index contributed by atoms with van der Waals surface area (Å²) in [6.07, 6.45) is -1.68. The molecule has 3 aromatic rings. The first-order valence-electron chi connectivity index (χ1n) is 11.0. The summed E-state index contributed by atoms with van der Waals surface area (Å²) >= 11 is 0. The Hall–Kier alpha value is -3.45. The van der Waals surface area contributed by atoms with Crippen LogP contribution in [0.1, 0.15) is 54.7 Å². The van der Waals surface area contributed by atoms with Crippen molar-refractivity contribution in [1.29, 1.82) is 5.26 Å². The van der Waals surface area contributed by atoms with Gasteiger partial charge >= 0.3 is 0 Å². The molecule has 1 saturated heterocycles. The Labute approximate surface area is 193 Å². The van der Waals surface area contributed by atoms with E-state index in [1.54, 1.807) is 19.9 Å². The maximum Gasteiger partial charge on any atom is 0.266 e. The highest BCUT2D eigenvalue weighted by Crippen LogP contribution is 2.51. The fourth-order valence-corrected chi connectivity index (χ4v) is 4.05. The number of rotatable bonds is 7. The SMILES string of the molecule is Cc1nc(N[C@H](C)c2cccc(C(F)F)c2F)c2cc(C3(C#N)CC3)c(OC3COC3)nc2n1. The van der Waals surface area contributed by atoms with Gasteiger partial charge in [-0.2, -0.15) is 10.2 Å². The normalized spacial score (nSPS) is 17.8. The molecule has 1 saturated carbocycles. The molecule has 1 aliphatic heterocycles. The highest BCUT2D eigenvalue weighted by molar-refractivity contribution is 5.88. The number of aromatic nitrogens is 3. The van der Waals surface area contributed by atoms with Crippen molar-refractivity contribution in [1.82, 2.24) is 15.0 Å². The second-order valence-corrected chi connectivity index (χ2v) is 8.72. The van der Waals surface area contributed by atoms with Crippen LogP contribution in [0.4, 0.5) is 19.0 Å². The number of hydrogen-bond acceptors (Lipinski definition) is 7. The minimum absolute atomic E-state index is 0.0935. The van der Waals surface area contributed by atoms with Gasteiger partial charge < -0.3 is 14.8 Å². The highest BCUT2D eigenvalue weighted by atomic mass is 19.3. The van der Waals surface area contributed by atoms with Gasteiger partial charge in [-0.05, 0) is 32.8 Å². The van der Waals surface area contributed by atoms with Crippen molar-refractivity contribution in [3.8, 4) is 11.9 Å². The molecule has 176 valence electrons. The van der Waals surface area contributed by atoms with Crippen LogP contribution >= 0.6 is 0 Å². The molecule has 1 aliphatic carbocycles. The number of fused-ring (bicyclic) bond motifs is 1. The standard InChI is InChI=1S/C24H22F3N5O2/c1-12(15-4-3-5-16(19(15)25)20(26)27)29-21-17-8-18(24(11-28)6-7-24)23(34-14-9-33-10-14)32-22(17)31-13(2)30-21/h3-5,8,12,14,20H,6-7,9-10H2,1-2H3,(H,29,30,31,32)/t12-/m1/s1. The fraction of sp³-hybridized carbons (Fsp3) is 0.417. The van der Waals surface area contributed by atoms with E-state index in [4.69, 9.17) is 9.47 Å². The van der Waals surface area contributed by atoms with E-state index in [9.17, 15) is 18.4 Å². The van der Waals surface area contributed by atoms with Crippen LogP contribution in [0, 0.1) is 24.1 Å². The minimum atomic E-state index is -2.92. The van der Waals surface area contributed by atoms with Gasteiger partial charge in [0.25, 0.3) is 6.43 Å². The summed E-state index contributed by atoms with van der Waals surface area (Å²) in [5.41, 5.74) is -0.228. The molecule has 1 aromatic carbocycles. The third kappa shape index (κ3) is 3.90. The second kappa shape index (κ2) is 8.40. The van der Waals surface area contributed by atoms with Crippen molar-refractivity contribution in [3.63, 3.8) is 0 Å². The maximum absolute atomic E-state index is 14.7. The van der Waals surface area contributed by atoms with Crippen LogP contribution in [-0.2, 0) is 10.2 Å². The Morgan fingerprint density at radius 3 is 2.56 bits per heavy atom. The van der Waals surface area contributed by atoms with E-state index in [0.717, 1.165) is 6.07 Å². The number of hydrogen-bond donors (Lipinski definition) is 1. The monoisotopic (exact) mass is 469 g/mol. The van der Waals surface area contributed by atoms with Crippen LogP contribution < -0.4 is 10.1 Å². The Kier molecular flexibility index (Phi) is 5.52. The number of pyridine rings is 1. The van der Waals surface area contributed by atoms with E-state index in [1.807, 2.05) is 0 Å². The van der Waals surface area contributed by atoms with Crippen LogP contribution in [0.25, 0.3) is 11.0 Å². The van der Waals surface area contributed by atoms with Crippen LogP contribution in [0.15, 0.2) is 24.3 Å². The number of nitriles is 1. The molecule has 1 atom stereocenters. The Bertz CT molecular complexity index is 1300. The van der Waals surface area contributed by atoms with Gasteiger partial charge in [0.2, 0.25) is 5.88 Å². The number of benzene rings is 1. The average Bonchev–Trinajstić information content (AvgIpc) is 3.56. The number of nitrogens with zero attached hydrogens (tertiary/aromatic N) is 4. The number of nitrogens with one attached hydrogen (secondary N) is 1. The molecule has 2 aromatic heterocycles. The zero-order valence-electron chi connectivity index (χ0n) is 18.6. The van der Waals surface area contributed by atoms with E-state index in [0.29, 0.717) is 60.2 Å². The first kappa shape index (κ1) is 22.3. The number of ether oxygens (including phenoxy) is 2. The highest BCUT2D eigenvalue weighted by Gasteiger charge is 2.48. The predicted octanol–water partition coefficient (Wildman–Crippen LogP) is 4.92. The van der Waals surface area contributed by atoms with Gasteiger partial charge in [-0.1, -0.05) is 18.2 Å². The average molecular weight is 469 g/mol. The smallest absolute Gasteiger partial charge is 0.266 e. The van der Waals surface area contributed by atoms with Gasteiger partial charge in [0.15, 0.2) is 5.65 Å². The van der Waals surface area contributed by atoms with Gasteiger partial charge in [0.1, 0.15) is 23.6 Å². The molecule has 1 N–H and O–H groups in total. The summed E-state index contributed by atoms with van der Waals surface area (Å²) in [7, 11) is 0. The first-order chi connectivity index (χ1) is 16.3. The molecule has 0 bridgehead atoms. The number of halogens is 3. The van der Waals surface area contributed by atoms with E-state index >= 15 is 0 Å². The lowest BCUT2D eigenvalue weighted by molar-refractivity contribution is -0.0816. The molecule has 0 unspecified atom stereocenters. The van der Waals surface area contributed by atoms with Crippen LogP contribution in [0.2, 0.25) is 0 Å². The van der Waals surface area contributed by atoms with Crippen LogP contribution in [-0.4, -0.2) is 34.3 Å². The van der Waals surface area contributed by atoms with Crippen molar-refractivity contribution in [2.75, 3.05) is 18.5 Å². The lowest BCUT2D eigenvalue weighted by atomic mass is 9.97. The quantitative estimate of drug-likeness (QED) is 0.525. The summed E-state index contributed by atoms with van der Waals surface area (Å²) in [5, 5.41) is 13.5. The Balaban J connectivity index is 1.57. The lowest BCUT2D eigenvalue weighted by Gasteiger charge is -2.28. The molecular weight excluding hydrogens is 447 g/mol. The number of anilines is 1. The summed E-state index contributed by atoms with van der Waals surface area (Å²) in [4.78, 5) is 13.5. The summed E-state index contributed by atoms with van der Waals surface area (Å²) in [6, 6.07) is 7.43. The lowest BCUT2D eigenvalue weighted by Crippen LogP contribution is -2.39. The third-order valence-corrected chi connectivity index (χ3v) is 6.24. The van der Waals surface area contributed by atoms with E-state index in [2.05, 4.69) is 26.3 Å². The topological polar surface area (TPSA) is 93.0 Å². The van der Waals surface area contributed by atoms with Gasteiger partial charge in [-0.15, -0.1) is 0 Å². The largest absolute Gasteiger partial charge is 0.469 e. The van der Waals surface area contributed by atoms with Gasteiger partial charge in [-0.3, -0.25) is 0 Å². The first-order valence-corrected chi connectivity index (χ1v) is 11.0. The summed E-state index contributed by atoms with van der Waals surface area (Å²) in [6.45, 7) is 4.27. The second-order valence-electron chi connectivity index (χ2n) is 8.72. The molecule has 0 amide bonds. The number of aryl methyl sites for hydroxylation is 1. The van der Waals surface area contributed by atoms with Crippen molar-refractivity contribution < 1.29 is 22.6 Å². The maximum atomic E-state index is 14.7. The van der Waals surface area contributed by atoms with Crippen LogP contribution in [0.3, 0.4) is 0 Å². The predicted molar refractivity (Wildman–Crippen MR) is 117 cm³/mol. The molecule has 34 heavy (non-hydrogen) atoms. The third-order valence-electron chi connectivity index (χ3n) is 6.24. The zero-order chi connectivity index (χ0) is 24.0. The van der Waals surface area contributed by atoms with Gasteiger partial charge in [0, 0.05) is 11.1 Å². The van der Waals surface area contributed by atoms with Crippen LogP contribution in [0.5, 0.6) is 5.88 Å². The summed E-state index contributed by atoms with van der Waals surface area (Å²) in [5.74, 6) is 0.195. The Morgan fingerprint density at radius 2 is 1.94 bits per heavy atom. The Morgan fingerprint density at radius 1 is 1.21 bits per heavy atom. The zero-order valence-corrected chi connectivity index (χ0v) is 18.6. The van der Waals surface area contributed by atoms with Crippen molar-refractivity contribution in [2.45, 2.75) is 50.7 Å². The molecule has 2 aliphatic rings. The number of alkyl halides is 2. The summed E-state index contributed by atoms with van der Waals surface area (Å²) < 4.78 is 52.3. The molecule has 0 spiro atoms. The van der Waals surface area contributed by atoms with Crippen molar-refractivity contribution in [2.24, 2.45) is 0 Å². The molecule has 0 radical (unpaired) electrons. The van der Waals surface area contributed by atoms with Gasteiger partial charge in [-0.25, -0.2) is 23.1 Å². The van der Waals surface area contributed by atoms with Crippen molar-refractivity contribution in [3.05, 3.63) is 52.6 Å². The molecule has 3 heterocycles. The van der Waals surface area contributed by atoms with Crippen molar-refractivity contribution >= 4 is 16.9 Å². The molecule has 2 fully saturated rings. The molecule has 7 nitrogen and oxygen atoms in total. The molecule has 5 rings (SSSR count). The minimum Gasteiger partial charge on any atom is -0.469 e. The molecular formula is C24H22F3N5O2. The van der Waals surface area contributed by atoms with Gasteiger partial charge in [0.05, 0.1) is 41.7 Å². The van der Waals surface area contributed by atoms with E-state index < -0.39 is 29.3 Å². The molecule has 10 heteroatoms. The van der Waals surface area contributed by atoms with E-state index in [1.165, 1.54) is 12.1 Å². The fourth-order valence-electron chi connectivity index (χ4n) is 4.05. The van der Waals surface area contributed by atoms with E-state index in [-0.39, 0.29) is 11.7 Å².